The van der Waals surface area contributed by atoms with Crippen LogP contribution in [0.15, 0.2) is 4.52 Å². The summed E-state index contributed by atoms with van der Waals surface area (Å²) in [6, 6.07) is -0.0565. The van der Waals surface area contributed by atoms with E-state index < -0.39 is 5.54 Å². The van der Waals surface area contributed by atoms with E-state index in [-0.39, 0.29) is 11.9 Å². The summed E-state index contributed by atoms with van der Waals surface area (Å²) in [6.45, 7) is 2.80. The third-order valence-electron chi connectivity index (χ3n) is 4.45. The largest absolute Gasteiger partial charge is 0.337 e. The van der Waals surface area contributed by atoms with Crippen molar-refractivity contribution < 1.29 is 9.32 Å². The molecule has 1 amide bonds. The number of carbonyl (C=O) groups excluding carboxylic acids is 1. The van der Waals surface area contributed by atoms with Crippen LogP contribution in [0.5, 0.6) is 0 Å². The molecule has 20 heavy (non-hydrogen) atoms. The standard InChI is InChI=1S/C14H22N4O2/c1-2-5-11(19)18-9-3-6-10(18)12-16-13(17-20-12)14(15)7-4-8-14/h10H,2-9,15H2,1H3. The molecule has 1 aromatic heterocycles. The van der Waals surface area contributed by atoms with Gasteiger partial charge in [0.15, 0.2) is 5.82 Å². The summed E-state index contributed by atoms with van der Waals surface area (Å²) in [6.07, 6.45) is 6.27. The monoisotopic (exact) mass is 278 g/mol. The normalized spacial score (nSPS) is 24.7. The van der Waals surface area contributed by atoms with Crippen LogP contribution in [0.1, 0.15) is 69.6 Å². The van der Waals surface area contributed by atoms with Gasteiger partial charge >= 0.3 is 0 Å². The lowest BCUT2D eigenvalue weighted by molar-refractivity contribution is -0.132. The number of carbonyl (C=O) groups is 1. The van der Waals surface area contributed by atoms with Crippen LogP contribution in [0.3, 0.4) is 0 Å². The number of hydrogen-bond acceptors (Lipinski definition) is 5. The van der Waals surface area contributed by atoms with Gasteiger partial charge in [-0.25, -0.2) is 0 Å². The van der Waals surface area contributed by atoms with Crippen LogP contribution in [0.2, 0.25) is 0 Å². The van der Waals surface area contributed by atoms with Crippen LogP contribution in [0.25, 0.3) is 0 Å². The van der Waals surface area contributed by atoms with Crippen LogP contribution < -0.4 is 5.73 Å². The van der Waals surface area contributed by atoms with E-state index in [0.717, 1.165) is 45.1 Å². The molecule has 2 N–H and O–H groups in total. The Labute approximate surface area is 118 Å². The van der Waals surface area contributed by atoms with Crippen LogP contribution >= 0.6 is 0 Å². The van der Waals surface area contributed by atoms with E-state index in [1.165, 1.54) is 0 Å². The molecule has 1 unspecified atom stereocenters. The summed E-state index contributed by atoms with van der Waals surface area (Å²) in [7, 11) is 0. The number of aromatic nitrogens is 2. The SMILES string of the molecule is CCCC(=O)N1CCCC1c1nc(C2(N)CCC2)no1. The van der Waals surface area contributed by atoms with Crippen molar-refractivity contribution in [2.75, 3.05) is 6.54 Å². The maximum Gasteiger partial charge on any atom is 0.249 e. The van der Waals surface area contributed by atoms with Gasteiger partial charge in [-0.05, 0) is 38.5 Å². The zero-order chi connectivity index (χ0) is 14.2. The fourth-order valence-corrected chi connectivity index (χ4v) is 3.03. The molecule has 2 fully saturated rings. The minimum absolute atomic E-state index is 0.0565. The smallest absolute Gasteiger partial charge is 0.249 e. The number of amides is 1. The minimum atomic E-state index is -0.404. The predicted molar refractivity (Wildman–Crippen MR) is 72.6 cm³/mol. The van der Waals surface area contributed by atoms with E-state index in [2.05, 4.69) is 10.1 Å². The van der Waals surface area contributed by atoms with Gasteiger partial charge in [-0.1, -0.05) is 12.1 Å². The molecule has 2 heterocycles. The molecule has 1 saturated carbocycles. The first-order valence-corrected chi connectivity index (χ1v) is 7.56. The van der Waals surface area contributed by atoms with Crippen LogP contribution in [0, 0.1) is 0 Å². The maximum absolute atomic E-state index is 12.1. The third kappa shape index (κ3) is 2.22. The summed E-state index contributed by atoms with van der Waals surface area (Å²) in [5.41, 5.74) is 5.81. The summed E-state index contributed by atoms with van der Waals surface area (Å²) < 4.78 is 5.39. The summed E-state index contributed by atoms with van der Waals surface area (Å²) in [5, 5.41) is 4.05. The molecule has 2 aliphatic rings. The quantitative estimate of drug-likeness (QED) is 0.908. The summed E-state index contributed by atoms with van der Waals surface area (Å²) in [5.74, 6) is 1.34. The average molecular weight is 278 g/mol. The van der Waals surface area contributed by atoms with Crippen LogP contribution in [-0.2, 0) is 10.3 Å². The molecule has 1 saturated heterocycles. The highest BCUT2D eigenvalue weighted by Gasteiger charge is 2.41. The van der Waals surface area contributed by atoms with Crippen molar-refractivity contribution in [1.29, 1.82) is 0 Å². The average Bonchev–Trinajstić information content (AvgIpc) is 3.04. The molecule has 0 spiro atoms. The molecule has 1 aliphatic carbocycles. The number of rotatable bonds is 4. The fourth-order valence-electron chi connectivity index (χ4n) is 3.03. The van der Waals surface area contributed by atoms with Gasteiger partial charge in [0, 0.05) is 13.0 Å². The molecule has 1 atom stereocenters. The lowest BCUT2D eigenvalue weighted by Gasteiger charge is -2.34. The van der Waals surface area contributed by atoms with Gasteiger partial charge in [0.2, 0.25) is 11.8 Å². The molecular formula is C14H22N4O2. The molecule has 110 valence electrons. The highest BCUT2D eigenvalue weighted by molar-refractivity contribution is 5.76. The van der Waals surface area contributed by atoms with E-state index in [1.54, 1.807) is 0 Å². The number of likely N-dealkylation sites (tertiary alicyclic amines) is 1. The van der Waals surface area contributed by atoms with E-state index >= 15 is 0 Å². The fraction of sp³-hybridized carbons (Fsp3) is 0.786. The lowest BCUT2D eigenvalue weighted by Crippen LogP contribution is -2.44. The Kier molecular flexibility index (Phi) is 3.50. The lowest BCUT2D eigenvalue weighted by atomic mass is 9.77. The predicted octanol–water partition coefficient (Wildman–Crippen LogP) is 1.87. The second-order valence-electron chi connectivity index (χ2n) is 5.96. The molecule has 6 heteroatoms. The third-order valence-corrected chi connectivity index (χ3v) is 4.45. The van der Waals surface area contributed by atoms with Gasteiger partial charge < -0.3 is 15.2 Å². The first-order chi connectivity index (χ1) is 9.64. The van der Waals surface area contributed by atoms with E-state index in [1.807, 2.05) is 11.8 Å². The molecule has 1 aromatic rings. The van der Waals surface area contributed by atoms with Gasteiger partial charge in [-0.3, -0.25) is 4.79 Å². The highest BCUT2D eigenvalue weighted by atomic mass is 16.5. The van der Waals surface area contributed by atoms with Gasteiger partial charge in [-0.2, -0.15) is 4.98 Å². The van der Waals surface area contributed by atoms with E-state index in [0.29, 0.717) is 18.1 Å². The first-order valence-electron chi connectivity index (χ1n) is 7.56. The highest BCUT2D eigenvalue weighted by Crippen LogP contribution is 2.38. The topological polar surface area (TPSA) is 85.2 Å². The first kappa shape index (κ1) is 13.5. The molecule has 0 aromatic carbocycles. The second kappa shape index (κ2) is 5.16. The summed E-state index contributed by atoms with van der Waals surface area (Å²) >= 11 is 0. The Morgan fingerprint density at radius 1 is 1.50 bits per heavy atom. The zero-order valence-corrected chi connectivity index (χ0v) is 12.0. The summed E-state index contributed by atoms with van der Waals surface area (Å²) in [4.78, 5) is 18.5. The Morgan fingerprint density at radius 2 is 2.30 bits per heavy atom. The van der Waals surface area contributed by atoms with Crippen molar-refractivity contribution in [2.24, 2.45) is 5.73 Å². The van der Waals surface area contributed by atoms with Crippen molar-refractivity contribution in [3.05, 3.63) is 11.7 Å². The zero-order valence-electron chi connectivity index (χ0n) is 12.0. The number of nitrogens with two attached hydrogens (primary N) is 1. The van der Waals surface area contributed by atoms with Crippen molar-refractivity contribution >= 4 is 5.91 Å². The van der Waals surface area contributed by atoms with Crippen molar-refractivity contribution in [2.45, 2.75) is 63.5 Å². The Bertz CT molecular complexity index is 495. The molecule has 0 bridgehead atoms. The van der Waals surface area contributed by atoms with Gasteiger partial charge in [0.25, 0.3) is 0 Å². The van der Waals surface area contributed by atoms with Crippen molar-refractivity contribution in [3.63, 3.8) is 0 Å². The van der Waals surface area contributed by atoms with Crippen molar-refractivity contribution in [1.82, 2.24) is 15.0 Å². The van der Waals surface area contributed by atoms with Gasteiger partial charge in [-0.15, -0.1) is 0 Å². The second-order valence-corrected chi connectivity index (χ2v) is 5.96. The Balaban J connectivity index is 1.76. The minimum Gasteiger partial charge on any atom is -0.337 e. The van der Waals surface area contributed by atoms with E-state index in [4.69, 9.17) is 10.3 Å². The molecule has 6 nitrogen and oxygen atoms in total. The Morgan fingerprint density at radius 3 is 2.95 bits per heavy atom. The van der Waals surface area contributed by atoms with Crippen LogP contribution in [0.4, 0.5) is 0 Å². The molecule has 1 aliphatic heterocycles. The van der Waals surface area contributed by atoms with Crippen molar-refractivity contribution in [3.8, 4) is 0 Å². The van der Waals surface area contributed by atoms with Gasteiger partial charge in [0.05, 0.1) is 5.54 Å². The maximum atomic E-state index is 12.1. The molecule has 3 rings (SSSR count). The molecule has 0 radical (unpaired) electrons. The van der Waals surface area contributed by atoms with E-state index in [9.17, 15) is 4.79 Å². The van der Waals surface area contributed by atoms with Crippen LogP contribution in [-0.4, -0.2) is 27.5 Å². The number of hydrogen-bond donors (Lipinski definition) is 1. The van der Waals surface area contributed by atoms with Gasteiger partial charge in [0.1, 0.15) is 6.04 Å². The Hall–Kier alpha value is -1.43. The number of nitrogens with zero attached hydrogens (tertiary/aromatic N) is 3. The molecular weight excluding hydrogens is 256 g/mol.